The van der Waals surface area contributed by atoms with Crippen LogP contribution in [-0.4, -0.2) is 24.7 Å². The number of amides is 1. The zero-order valence-electron chi connectivity index (χ0n) is 14.9. The number of carbonyl (C=O) groups is 1. The number of hydrogen-bond acceptors (Lipinski definition) is 4. The molecule has 0 aliphatic rings. The molecule has 1 amide bonds. The van der Waals surface area contributed by atoms with E-state index in [0.717, 1.165) is 21.3 Å². The van der Waals surface area contributed by atoms with E-state index in [-0.39, 0.29) is 5.91 Å². The van der Waals surface area contributed by atoms with Crippen molar-refractivity contribution in [2.75, 3.05) is 14.2 Å². The zero-order valence-corrected chi connectivity index (χ0v) is 15.7. The number of methoxy groups -OCH3 is 2. The summed E-state index contributed by atoms with van der Waals surface area (Å²) >= 11 is 1.44. The number of aromatic nitrogens is 1. The van der Waals surface area contributed by atoms with Crippen LogP contribution in [0.15, 0.2) is 35.3 Å². The molecule has 1 aromatic heterocycles. The van der Waals surface area contributed by atoms with Crippen molar-refractivity contribution in [1.29, 1.82) is 0 Å². The first-order valence-corrected chi connectivity index (χ1v) is 8.64. The number of nitrogens with zero attached hydrogens (tertiary/aromatic N) is 2. The number of hydrogen-bond donors (Lipinski definition) is 0. The Morgan fingerprint density at radius 3 is 2.40 bits per heavy atom. The second kappa shape index (κ2) is 6.72. The van der Waals surface area contributed by atoms with E-state index < -0.39 is 0 Å². The van der Waals surface area contributed by atoms with E-state index in [1.807, 2.05) is 55.8 Å². The molecule has 3 aromatic rings. The lowest BCUT2D eigenvalue weighted by Gasteiger charge is -2.07. The first kappa shape index (κ1) is 17.2. The molecule has 1 heterocycles. The fourth-order valence-corrected chi connectivity index (χ4v) is 3.79. The SMILES string of the molecule is COc1cc2sc(=NC(=O)c3ccc(C)cc3C)n(C)c2cc1OC. The fraction of sp³-hybridized carbons (Fsp3) is 0.263. The molecule has 0 N–H and O–H groups in total. The van der Waals surface area contributed by atoms with Crippen LogP contribution in [0.2, 0.25) is 0 Å². The van der Waals surface area contributed by atoms with Crippen LogP contribution in [-0.2, 0) is 7.05 Å². The minimum atomic E-state index is -0.237. The molecule has 0 unspecified atom stereocenters. The summed E-state index contributed by atoms with van der Waals surface area (Å²) in [6.07, 6.45) is 0. The Bertz CT molecular complexity index is 1030. The maximum absolute atomic E-state index is 12.6. The van der Waals surface area contributed by atoms with Gasteiger partial charge >= 0.3 is 0 Å². The third kappa shape index (κ3) is 3.17. The van der Waals surface area contributed by atoms with Gasteiger partial charge in [0, 0.05) is 24.7 Å². The van der Waals surface area contributed by atoms with E-state index in [1.165, 1.54) is 11.3 Å². The van der Waals surface area contributed by atoms with E-state index >= 15 is 0 Å². The smallest absolute Gasteiger partial charge is 0.279 e. The Morgan fingerprint density at radius 1 is 1.08 bits per heavy atom. The number of rotatable bonds is 3. The van der Waals surface area contributed by atoms with E-state index in [4.69, 9.17) is 9.47 Å². The predicted molar refractivity (Wildman–Crippen MR) is 99.7 cm³/mol. The van der Waals surface area contributed by atoms with Gasteiger partial charge in [-0.25, -0.2) is 0 Å². The third-order valence-electron chi connectivity index (χ3n) is 4.12. The van der Waals surface area contributed by atoms with Crippen molar-refractivity contribution in [2.24, 2.45) is 12.0 Å². The summed E-state index contributed by atoms with van der Waals surface area (Å²) in [4.78, 5) is 17.6. The number of fused-ring (bicyclic) bond motifs is 1. The first-order chi connectivity index (χ1) is 11.9. The Balaban J connectivity index is 2.13. The van der Waals surface area contributed by atoms with Crippen molar-refractivity contribution < 1.29 is 14.3 Å². The summed E-state index contributed by atoms with van der Waals surface area (Å²) in [5, 5.41) is 0. The van der Waals surface area contributed by atoms with Crippen LogP contribution in [0, 0.1) is 13.8 Å². The van der Waals surface area contributed by atoms with Crippen molar-refractivity contribution >= 4 is 27.5 Å². The molecule has 0 aliphatic carbocycles. The molecule has 130 valence electrons. The normalized spacial score (nSPS) is 11.8. The number of ether oxygens (including phenoxy) is 2. The summed E-state index contributed by atoms with van der Waals surface area (Å²) in [5.41, 5.74) is 3.62. The zero-order chi connectivity index (χ0) is 18.1. The fourth-order valence-electron chi connectivity index (χ4n) is 2.76. The highest BCUT2D eigenvalue weighted by atomic mass is 32.1. The number of carbonyl (C=O) groups excluding carboxylic acids is 1. The van der Waals surface area contributed by atoms with Gasteiger partial charge in [-0.2, -0.15) is 4.99 Å². The first-order valence-electron chi connectivity index (χ1n) is 7.82. The van der Waals surface area contributed by atoms with Crippen molar-refractivity contribution in [2.45, 2.75) is 13.8 Å². The van der Waals surface area contributed by atoms with Crippen LogP contribution in [0.25, 0.3) is 10.2 Å². The summed E-state index contributed by atoms with van der Waals surface area (Å²) in [6.45, 7) is 3.93. The average Bonchev–Trinajstić information content (AvgIpc) is 2.88. The van der Waals surface area contributed by atoms with Crippen LogP contribution in [0.3, 0.4) is 0 Å². The molecule has 0 atom stereocenters. The highest BCUT2D eigenvalue weighted by Gasteiger charge is 2.12. The minimum absolute atomic E-state index is 0.237. The van der Waals surface area contributed by atoms with Crippen molar-refractivity contribution in [3.63, 3.8) is 0 Å². The molecular weight excluding hydrogens is 336 g/mol. The summed E-state index contributed by atoms with van der Waals surface area (Å²) in [6, 6.07) is 9.54. The van der Waals surface area contributed by atoms with Gasteiger partial charge in [0.2, 0.25) is 0 Å². The van der Waals surface area contributed by atoms with E-state index in [9.17, 15) is 4.79 Å². The summed E-state index contributed by atoms with van der Waals surface area (Å²) in [5.74, 6) is 1.07. The third-order valence-corrected chi connectivity index (χ3v) is 5.22. The van der Waals surface area contributed by atoms with Gasteiger partial charge in [-0.05, 0) is 25.5 Å². The van der Waals surface area contributed by atoms with E-state index in [2.05, 4.69) is 4.99 Å². The Kier molecular flexibility index (Phi) is 4.63. The summed E-state index contributed by atoms with van der Waals surface area (Å²) < 4.78 is 13.6. The Hall–Kier alpha value is -2.60. The lowest BCUT2D eigenvalue weighted by atomic mass is 10.1. The molecule has 0 bridgehead atoms. The van der Waals surface area contributed by atoms with Crippen LogP contribution < -0.4 is 14.3 Å². The van der Waals surface area contributed by atoms with Gasteiger partial charge in [-0.15, -0.1) is 0 Å². The van der Waals surface area contributed by atoms with Crippen LogP contribution in [0.5, 0.6) is 11.5 Å². The second-order valence-corrected chi connectivity index (χ2v) is 6.86. The van der Waals surface area contributed by atoms with E-state index in [0.29, 0.717) is 21.9 Å². The van der Waals surface area contributed by atoms with Crippen LogP contribution in [0.4, 0.5) is 0 Å². The molecular formula is C19H20N2O3S. The average molecular weight is 356 g/mol. The van der Waals surface area contributed by atoms with Gasteiger partial charge in [0.1, 0.15) is 0 Å². The van der Waals surface area contributed by atoms with Gasteiger partial charge in [0.25, 0.3) is 5.91 Å². The highest BCUT2D eigenvalue weighted by molar-refractivity contribution is 7.16. The lowest BCUT2D eigenvalue weighted by molar-refractivity contribution is 0.0997. The molecule has 5 nitrogen and oxygen atoms in total. The number of aryl methyl sites for hydroxylation is 3. The molecule has 6 heteroatoms. The van der Waals surface area contributed by atoms with Crippen molar-refractivity contribution in [1.82, 2.24) is 4.57 Å². The minimum Gasteiger partial charge on any atom is -0.493 e. The molecule has 0 radical (unpaired) electrons. The largest absolute Gasteiger partial charge is 0.493 e. The van der Waals surface area contributed by atoms with Gasteiger partial charge in [0.05, 0.1) is 24.4 Å². The Labute approximate surface area is 150 Å². The van der Waals surface area contributed by atoms with Crippen molar-refractivity contribution in [3.8, 4) is 11.5 Å². The quantitative estimate of drug-likeness (QED) is 0.720. The summed E-state index contributed by atoms with van der Waals surface area (Å²) in [7, 11) is 5.09. The van der Waals surface area contributed by atoms with Gasteiger partial charge in [-0.1, -0.05) is 29.0 Å². The number of benzene rings is 2. The van der Waals surface area contributed by atoms with E-state index in [1.54, 1.807) is 14.2 Å². The maximum Gasteiger partial charge on any atom is 0.279 e. The molecule has 25 heavy (non-hydrogen) atoms. The van der Waals surface area contributed by atoms with Crippen molar-refractivity contribution in [3.05, 3.63) is 51.8 Å². The monoisotopic (exact) mass is 356 g/mol. The van der Waals surface area contributed by atoms with Crippen LogP contribution in [0.1, 0.15) is 21.5 Å². The molecule has 2 aromatic carbocycles. The number of thiazole rings is 1. The molecule has 0 fully saturated rings. The predicted octanol–water partition coefficient (Wildman–Crippen LogP) is 3.61. The van der Waals surface area contributed by atoms with Gasteiger partial charge in [-0.3, -0.25) is 4.79 Å². The topological polar surface area (TPSA) is 52.8 Å². The maximum atomic E-state index is 12.6. The molecule has 0 aliphatic heterocycles. The second-order valence-electron chi connectivity index (χ2n) is 5.85. The highest BCUT2D eigenvalue weighted by Crippen LogP contribution is 2.33. The lowest BCUT2D eigenvalue weighted by Crippen LogP contribution is -2.13. The molecule has 0 saturated heterocycles. The molecule has 0 spiro atoms. The van der Waals surface area contributed by atoms with Crippen LogP contribution >= 0.6 is 11.3 Å². The molecule has 3 rings (SSSR count). The van der Waals surface area contributed by atoms with Gasteiger partial charge in [0.15, 0.2) is 16.3 Å². The molecule has 0 saturated carbocycles. The van der Waals surface area contributed by atoms with Gasteiger partial charge < -0.3 is 14.0 Å². The standard InChI is InChI=1S/C19H20N2O3S/c1-11-6-7-13(12(2)8-11)18(22)20-19-21(3)14-9-15(23-4)16(24-5)10-17(14)25-19/h6-10H,1-5H3. The Morgan fingerprint density at radius 2 is 1.76 bits per heavy atom.